The van der Waals surface area contributed by atoms with E-state index in [0.717, 1.165) is 64.0 Å². The summed E-state index contributed by atoms with van der Waals surface area (Å²) >= 11 is 0. The third-order valence-electron chi connectivity index (χ3n) is 6.81. The molecule has 0 spiro atoms. The third kappa shape index (κ3) is 6.31. The summed E-state index contributed by atoms with van der Waals surface area (Å²) in [5.41, 5.74) is 1.61. The van der Waals surface area contributed by atoms with Crippen LogP contribution in [-0.4, -0.2) is 67.8 Å². The van der Waals surface area contributed by atoms with Gasteiger partial charge in [-0.2, -0.15) is 0 Å². The molecule has 0 aromatic heterocycles. The SMILES string of the molecule is CCCC[C@H](NC(=O)c1cccc(N2CCN(C)CC2)c1)C(=O)N[C@H]1CCC[C@H]1C(C)=O. The Balaban J connectivity index is 1.66. The molecule has 7 heteroatoms. The number of piperazine rings is 1. The average molecular weight is 443 g/mol. The van der Waals surface area contributed by atoms with Crippen molar-refractivity contribution in [2.75, 3.05) is 38.1 Å². The highest BCUT2D eigenvalue weighted by Crippen LogP contribution is 2.26. The zero-order chi connectivity index (χ0) is 23.1. The van der Waals surface area contributed by atoms with Crippen molar-refractivity contribution in [1.29, 1.82) is 0 Å². The molecule has 3 rings (SSSR count). The molecule has 0 bridgehead atoms. The van der Waals surface area contributed by atoms with Gasteiger partial charge in [0.05, 0.1) is 0 Å². The number of amides is 2. The molecule has 1 aromatic rings. The molecule has 1 aliphatic heterocycles. The molecule has 1 aliphatic carbocycles. The van der Waals surface area contributed by atoms with Crippen molar-refractivity contribution < 1.29 is 14.4 Å². The van der Waals surface area contributed by atoms with E-state index in [1.54, 1.807) is 13.0 Å². The quantitative estimate of drug-likeness (QED) is 0.614. The van der Waals surface area contributed by atoms with E-state index < -0.39 is 6.04 Å². The Morgan fingerprint density at radius 1 is 1.12 bits per heavy atom. The lowest BCUT2D eigenvalue weighted by molar-refractivity contribution is -0.125. The fraction of sp³-hybridized carbons (Fsp3) is 0.640. The number of ketones is 1. The van der Waals surface area contributed by atoms with E-state index in [9.17, 15) is 14.4 Å². The summed E-state index contributed by atoms with van der Waals surface area (Å²) in [6, 6.07) is 6.93. The molecule has 7 nitrogen and oxygen atoms in total. The van der Waals surface area contributed by atoms with Gasteiger partial charge in [0.2, 0.25) is 5.91 Å². The highest BCUT2D eigenvalue weighted by atomic mass is 16.2. The van der Waals surface area contributed by atoms with E-state index in [4.69, 9.17) is 0 Å². The monoisotopic (exact) mass is 442 g/mol. The van der Waals surface area contributed by atoms with Gasteiger partial charge in [0.25, 0.3) is 5.91 Å². The molecule has 0 radical (unpaired) electrons. The van der Waals surface area contributed by atoms with Gasteiger partial charge in [0, 0.05) is 49.4 Å². The van der Waals surface area contributed by atoms with Crippen molar-refractivity contribution in [2.24, 2.45) is 5.92 Å². The zero-order valence-electron chi connectivity index (χ0n) is 19.7. The predicted octanol–water partition coefficient (Wildman–Crippen LogP) is 2.60. The summed E-state index contributed by atoms with van der Waals surface area (Å²) in [5.74, 6) is -0.392. The van der Waals surface area contributed by atoms with Crippen LogP contribution in [0.15, 0.2) is 24.3 Å². The number of anilines is 1. The number of carbonyl (C=O) groups excluding carboxylic acids is 3. The Bertz CT molecular complexity index is 804. The minimum absolute atomic E-state index is 0.109. The molecule has 2 aliphatic rings. The van der Waals surface area contributed by atoms with Gasteiger partial charge in [-0.05, 0) is 51.4 Å². The van der Waals surface area contributed by atoms with Crippen LogP contribution in [0.5, 0.6) is 0 Å². The van der Waals surface area contributed by atoms with Gasteiger partial charge < -0.3 is 20.4 Å². The van der Waals surface area contributed by atoms with E-state index >= 15 is 0 Å². The maximum atomic E-state index is 13.0. The molecule has 1 saturated heterocycles. The Morgan fingerprint density at radius 2 is 1.88 bits per heavy atom. The first-order valence-corrected chi connectivity index (χ1v) is 12.0. The maximum Gasteiger partial charge on any atom is 0.252 e. The first-order chi connectivity index (χ1) is 15.4. The average Bonchev–Trinajstić information content (AvgIpc) is 3.25. The van der Waals surface area contributed by atoms with E-state index in [1.807, 2.05) is 18.2 Å². The number of likely N-dealkylation sites (N-methyl/N-ethyl adjacent to an activating group) is 1. The maximum absolute atomic E-state index is 13.0. The van der Waals surface area contributed by atoms with Crippen molar-refractivity contribution in [3.05, 3.63) is 29.8 Å². The number of benzene rings is 1. The lowest BCUT2D eigenvalue weighted by Crippen LogP contribution is -2.51. The number of hydrogen-bond acceptors (Lipinski definition) is 5. The fourth-order valence-electron chi connectivity index (χ4n) is 4.73. The summed E-state index contributed by atoms with van der Waals surface area (Å²) in [5, 5.41) is 6.02. The number of hydrogen-bond donors (Lipinski definition) is 2. The second kappa shape index (κ2) is 11.5. The lowest BCUT2D eigenvalue weighted by atomic mass is 9.98. The van der Waals surface area contributed by atoms with Crippen molar-refractivity contribution >= 4 is 23.3 Å². The standard InChI is InChI=1S/C25H38N4O3/c1-4-5-11-23(25(32)26-22-12-7-10-21(22)18(2)30)27-24(31)19-8-6-9-20(17-19)29-15-13-28(3)14-16-29/h6,8-9,17,21-23H,4-5,7,10-16H2,1-3H3,(H,26,32)(H,27,31)/t21-,22-,23-/m0/s1. The van der Waals surface area contributed by atoms with Gasteiger partial charge in [-0.3, -0.25) is 14.4 Å². The van der Waals surface area contributed by atoms with Crippen LogP contribution in [0.4, 0.5) is 5.69 Å². The number of rotatable bonds is 9. The largest absolute Gasteiger partial charge is 0.369 e. The highest BCUT2D eigenvalue weighted by Gasteiger charge is 2.33. The van der Waals surface area contributed by atoms with Crippen LogP contribution in [0.3, 0.4) is 0 Å². The molecular formula is C25H38N4O3. The molecule has 2 amide bonds. The molecule has 0 unspecified atom stereocenters. The van der Waals surface area contributed by atoms with Crippen LogP contribution in [0.25, 0.3) is 0 Å². The molecular weight excluding hydrogens is 404 g/mol. The van der Waals surface area contributed by atoms with Gasteiger partial charge in [-0.25, -0.2) is 0 Å². The summed E-state index contributed by atoms with van der Waals surface area (Å²) in [7, 11) is 2.12. The van der Waals surface area contributed by atoms with E-state index in [2.05, 4.69) is 34.4 Å². The Kier molecular flexibility index (Phi) is 8.67. The molecule has 1 saturated carbocycles. The van der Waals surface area contributed by atoms with Gasteiger partial charge >= 0.3 is 0 Å². The summed E-state index contributed by atoms with van der Waals surface area (Å²) in [6.45, 7) is 7.53. The Hall–Kier alpha value is -2.41. The molecule has 1 heterocycles. The summed E-state index contributed by atoms with van der Waals surface area (Å²) in [6.07, 6.45) is 4.96. The van der Waals surface area contributed by atoms with Crippen molar-refractivity contribution in [2.45, 2.75) is 64.5 Å². The summed E-state index contributed by atoms with van der Waals surface area (Å²) in [4.78, 5) is 42.6. The van der Waals surface area contributed by atoms with E-state index in [-0.39, 0.29) is 29.6 Å². The van der Waals surface area contributed by atoms with Crippen molar-refractivity contribution in [1.82, 2.24) is 15.5 Å². The summed E-state index contributed by atoms with van der Waals surface area (Å²) < 4.78 is 0. The van der Waals surface area contributed by atoms with Crippen molar-refractivity contribution in [3.8, 4) is 0 Å². The van der Waals surface area contributed by atoms with Gasteiger partial charge in [-0.15, -0.1) is 0 Å². The number of carbonyl (C=O) groups is 3. The molecule has 1 aromatic carbocycles. The number of nitrogens with one attached hydrogen (secondary N) is 2. The number of Topliss-reactive ketones (excluding diaryl/α,β-unsaturated/α-hetero) is 1. The van der Waals surface area contributed by atoms with E-state index in [0.29, 0.717) is 12.0 Å². The van der Waals surface area contributed by atoms with Crippen LogP contribution >= 0.6 is 0 Å². The van der Waals surface area contributed by atoms with Gasteiger partial charge in [-0.1, -0.05) is 32.3 Å². The normalized spacial score (nSPS) is 22.4. The molecule has 176 valence electrons. The zero-order valence-corrected chi connectivity index (χ0v) is 19.7. The first kappa shape index (κ1) is 24.2. The van der Waals surface area contributed by atoms with Crippen LogP contribution in [0, 0.1) is 5.92 Å². The minimum Gasteiger partial charge on any atom is -0.369 e. The molecule has 2 N–H and O–H groups in total. The Labute approximate surface area is 191 Å². The van der Waals surface area contributed by atoms with Crippen molar-refractivity contribution in [3.63, 3.8) is 0 Å². The molecule has 3 atom stereocenters. The smallest absolute Gasteiger partial charge is 0.252 e. The molecule has 2 fully saturated rings. The third-order valence-corrected chi connectivity index (χ3v) is 6.81. The predicted molar refractivity (Wildman–Crippen MR) is 127 cm³/mol. The molecule has 32 heavy (non-hydrogen) atoms. The highest BCUT2D eigenvalue weighted by molar-refractivity contribution is 5.98. The Morgan fingerprint density at radius 3 is 2.56 bits per heavy atom. The first-order valence-electron chi connectivity index (χ1n) is 12.0. The van der Waals surface area contributed by atoms with Gasteiger partial charge in [0.1, 0.15) is 11.8 Å². The second-order valence-electron chi connectivity index (χ2n) is 9.27. The number of unbranched alkanes of at least 4 members (excludes halogenated alkanes) is 1. The number of nitrogens with zero attached hydrogens (tertiary/aromatic N) is 2. The van der Waals surface area contributed by atoms with Gasteiger partial charge in [0.15, 0.2) is 0 Å². The van der Waals surface area contributed by atoms with E-state index in [1.165, 1.54) is 0 Å². The lowest BCUT2D eigenvalue weighted by Gasteiger charge is -2.34. The van der Waals surface area contributed by atoms with Crippen LogP contribution < -0.4 is 15.5 Å². The fourth-order valence-corrected chi connectivity index (χ4v) is 4.73. The van der Waals surface area contributed by atoms with Crippen LogP contribution in [0.2, 0.25) is 0 Å². The minimum atomic E-state index is -0.594. The van der Waals surface area contributed by atoms with Crippen LogP contribution in [0.1, 0.15) is 62.7 Å². The van der Waals surface area contributed by atoms with Crippen LogP contribution in [-0.2, 0) is 9.59 Å². The topological polar surface area (TPSA) is 81.8 Å². The second-order valence-corrected chi connectivity index (χ2v) is 9.27.